The van der Waals surface area contributed by atoms with Crippen LogP contribution in [0.25, 0.3) is 0 Å². The Morgan fingerprint density at radius 3 is 2.50 bits per heavy atom. The number of Topliss-reactive ketones (excluding diaryl/α,β-unsaturated/α-hetero) is 1. The Kier molecular flexibility index (Phi) is 5.99. The standard InChI is InChI=1S/C22H23N3O3/c23-21(24)15-4-6-16(7-5-15)22(28)25-19-9-8-17-11-14(1-3-18(17)12-19)2-10-20(27)13-26/h4-9,12-14H,1-3,10-11H2,(H3,23,24)(H,25,28). The maximum absolute atomic E-state index is 12.4. The molecule has 0 radical (unpaired) electrons. The van der Waals surface area contributed by atoms with Crippen LogP contribution in [0.3, 0.4) is 0 Å². The topological polar surface area (TPSA) is 113 Å². The Bertz CT molecular complexity index is 919. The van der Waals surface area contributed by atoms with Gasteiger partial charge < -0.3 is 11.1 Å². The molecule has 6 nitrogen and oxygen atoms in total. The Labute approximate surface area is 163 Å². The van der Waals surface area contributed by atoms with Crippen LogP contribution < -0.4 is 11.1 Å². The number of carbonyl (C=O) groups excluding carboxylic acids is 3. The summed E-state index contributed by atoms with van der Waals surface area (Å²) in [5, 5.41) is 10.3. The minimum absolute atomic E-state index is 0.0320. The molecule has 2 aromatic carbocycles. The fourth-order valence-electron chi connectivity index (χ4n) is 3.56. The van der Waals surface area contributed by atoms with E-state index in [1.54, 1.807) is 24.3 Å². The molecule has 4 N–H and O–H groups in total. The Balaban J connectivity index is 1.62. The van der Waals surface area contributed by atoms with Crippen LogP contribution in [0.2, 0.25) is 0 Å². The molecule has 1 unspecified atom stereocenters. The highest BCUT2D eigenvalue weighted by Crippen LogP contribution is 2.30. The molecule has 1 aliphatic carbocycles. The summed E-state index contributed by atoms with van der Waals surface area (Å²) in [4.78, 5) is 34.1. The summed E-state index contributed by atoms with van der Waals surface area (Å²) < 4.78 is 0. The van der Waals surface area contributed by atoms with Gasteiger partial charge in [0.1, 0.15) is 5.84 Å². The van der Waals surface area contributed by atoms with E-state index in [9.17, 15) is 14.4 Å². The summed E-state index contributed by atoms with van der Waals surface area (Å²) in [6.45, 7) is 0. The number of fused-ring (bicyclic) bond motifs is 1. The summed E-state index contributed by atoms with van der Waals surface area (Å²) in [6, 6.07) is 12.5. The predicted molar refractivity (Wildman–Crippen MR) is 108 cm³/mol. The number of nitrogens with two attached hydrogens (primary N) is 1. The van der Waals surface area contributed by atoms with Crippen molar-refractivity contribution in [3.63, 3.8) is 0 Å². The number of nitrogen functional groups attached to an aromatic ring is 1. The number of hydrogen-bond donors (Lipinski definition) is 3. The number of nitrogens with one attached hydrogen (secondary N) is 2. The maximum Gasteiger partial charge on any atom is 0.255 e. The number of anilines is 1. The number of amides is 1. The van der Waals surface area contributed by atoms with Crippen molar-refractivity contribution in [2.45, 2.75) is 32.1 Å². The van der Waals surface area contributed by atoms with E-state index in [1.807, 2.05) is 18.2 Å². The monoisotopic (exact) mass is 377 g/mol. The van der Waals surface area contributed by atoms with E-state index in [0.29, 0.717) is 29.8 Å². The SMILES string of the molecule is N=C(N)c1ccc(C(=O)Nc2ccc3c(c2)CCC(CCC(=O)C=O)C3)cc1. The van der Waals surface area contributed by atoms with Gasteiger partial charge in [0.05, 0.1) is 0 Å². The largest absolute Gasteiger partial charge is 0.384 e. The first kappa shape index (κ1) is 19.5. The zero-order chi connectivity index (χ0) is 20.1. The highest BCUT2D eigenvalue weighted by atomic mass is 16.2. The second-order valence-electron chi connectivity index (χ2n) is 7.16. The third kappa shape index (κ3) is 4.71. The Morgan fingerprint density at radius 1 is 1.11 bits per heavy atom. The number of rotatable bonds is 7. The summed E-state index contributed by atoms with van der Waals surface area (Å²) in [5.74, 6) is -0.164. The highest BCUT2D eigenvalue weighted by molar-refractivity contribution is 6.24. The van der Waals surface area contributed by atoms with Crippen LogP contribution in [0.1, 0.15) is 46.3 Å². The van der Waals surface area contributed by atoms with Gasteiger partial charge in [-0.1, -0.05) is 18.2 Å². The fraction of sp³-hybridized carbons (Fsp3) is 0.273. The first-order valence-corrected chi connectivity index (χ1v) is 9.32. The smallest absolute Gasteiger partial charge is 0.255 e. The molecule has 3 rings (SSSR count). The van der Waals surface area contributed by atoms with Crippen LogP contribution in [0, 0.1) is 11.3 Å². The molecule has 2 aromatic rings. The van der Waals surface area contributed by atoms with Crippen molar-refractivity contribution in [1.29, 1.82) is 5.41 Å². The second-order valence-corrected chi connectivity index (χ2v) is 7.16. The van der Waals surface area contributed by atoms with Crippen molar-refractivity contribution in [3.05, 3.63) is 64.7 Å². The predicted octanol–water partition coefficient (Wildman–Crippen LogP) is 2.88. The molecule has 0 spiro atoms. The number of benzene rings is 2. The molecule has 6 heteroatoms. The zero-order valence-electron chi connectivity index (χ0n) is 15.5. The van der Waals surface area contributed by atoms with Gasteiger partial charge in [0.15, 0.2) is 12.1 Å². The quantitative estimate of drug-likeness (QED) is 0.298. The van der Waals surface area contributed by atoms with E-state index in [0.717, 1.165) is 31.4 Å². The maximum atomic E-state index is 12.4. The molecule has 1 amide bonds. The number of aryl methyl sites for hydroxylation is 1. The molecule has 0 saturated heterocycles. The molecular formula is C22H23N3O3. The normalized spacial score (nSPS) is 15.4. The van der Waals surface area contributed by atoms with Gasteiger partial charge in [0.2, 0.25) is 0 Å². The van der Waals surface area contributed by atoms with E-state index in [2.05, 4.69) is 5.32 Å². The number of amidine groups is 1. The number of aldehydes is 1. The van der Waals surface area contributed by atoms with Crippen molar-refractivity contribution in [2.75, 3.05) is 5.32 Å². The minimum Gasteiger partial charge on any atom is -0.384 e. The highest BCUT2D eigenvalue weighted by Gasteiger charge is 2.20. The van der Waals surface area contributed by atoms with E-state index in [4.69, 9.17) is 11.1 Å². The summed E-state index contributed by atoms with van der Waals surface area (Å²) in [6.07, 6.45) is 4.22. The molecule has 1 aliphatic rings. The third-order valence-corrected chi connectivity index (χ3v) is 5.18. The average molecular weight is 377 g/mol. The molecular weight excluding hydrogens is 354 g/mol. The summed E-state index contributed by atoms with van der Waals surface area (Å²) in [5.41, 5.74) is 9.70. The van der Waals surface area contributed by atoms with E-state index in [-0.39, 0.29) is 17.5 Å². The average Bonchev–Trinajstić information content (AvgIpc) is 2.71. The lowest BCUT2D eigenvalue weighted by atomic mass is 9.81. The van der Waals surface area contributed by atoms with Gasteiger partial charge in [-0.15, -0.1) is 0 Å². The molecule has 0 saturated carbocycles. The van der Waals surface area contributed by atoms with Gasteiger partial charge in [0, 0.05) is 23.2 Å². The Morgan fingerprint density at radius 2 is 1.82 bits per heavy atom. The van der Waals surface area contributed by atoms with Crippen LogP contribution in [0.15, 0.2) is 42.5 Å². The van der Waals surface area contributed by atoms with Crippen molar-refractivity contribution >= 4 is 29.5 Å². The van der Waals surface area contributed by atoms with Crippen molar-refractivity contribution < 1.29 is 14.4 Å². The summed E-state index contributed by atoms with van der Waals surface area (Å²) >= 11 is 0. The molecule has 0 fully saturated rings. The molecule has 0 aromatic heterocycles. The van der Waals surface area contributed by atoms with E-state index >= 15 is 0 Å². The first-order chi connectivity index (χ1) is 13.5. The van der Waals surface area contributed by atoms with Crippen molar-refractivity contribution in [3.8, 4) is 0 Å². The van der Waals surface area contributed by atoms with Crippen LogP contribution in [-0.4, -0.2) is 23.8 Å². The molecule has 28 heavy (non-hydrogen) atoms. The molecule has 0 heterocycles. The molecule has 0 aliphatic heterocycles. The third-order valence-electron chi connectivity index (χ3n) is 5.18. The fourth-order valence-corrected chi connectivity index (χ4v) is 3.56. The molecule has 1 atom stereocenters. The van der Waals surface area contributed by atoms with Gasteiger partial charge in [0.25, 0.3) is 5.91 Å². The first-order valence-electron chi connectivity index (χ1n) is 9.32. The van der Waals surface area contributed by atoms with Crippen LogP contribution >= 0.6 is 0 Å². The lowest BCUT2D eigenvalue weighted by Gasteiger charge is -2.25. The number of hydrogen-bond acceptors (Lipinski definition) is 4. The lowest BCUT2D eigenvalue weighted by Crippen LogP contribution is -2.17. The van der Waals surface area contributed by atoms with Gasteiger partial charge in [-0.25, -0.2) is 0 Å². The lowest BCUT2D eigenvalue weighted by molar-refractivity contribution is -0.130. The van der Waals surface area contributed by atoms with Gasteiger partial charge in [-0.05, 0) is 67.0 Å². The van der Waals surface area contributed by atoms with Gasteiger partial charge in [-0.2, -0.15) is 0 Å². The zero-order valence-corrected chi connectivity index (χ0v) is 15.5. The van der Waals surface area contributed by atoms with E-state index in [1.165, 1.54) is 11.1 Å². The van der Waals surface area contributed by atoms with E-state index < -0.39 is 0 Å². The van der Waals surface area contributed by atoms with Crippen molar-refractivity contribution in [2.24, 2.45) is 11.7 Å². The molecule has 144 valence electrons. The number of carbonyl (C=O) groups is 3. The second kappa shape index (κ2) is 8.61. The Hall–Kier alpha value is -3.28. The van der Waals surface area contributed by atoms with Crippen LogP contribution in [0.5, 0.6) is 0 Å². The number of ketones is 1. The van der Waals surface area contributed by atoms with Crippen LogP contribution in [0.4, 0.5) is 5.69 Å². The minimum atomic E-state index is -0.333. The molecule has 0 bridgehead atoms. The van der Waals surface area contributed by atoms with Gasteiger partial charge in [-0.3, -0.25) is 19.8 Å². The summed E-state index contributed by atoms with van der Waals surface area (Å²) in [7, 11) is 0. The van der Waals surface area contributed by atoms with Crippen molar-refractivity contribution in [1.82, 2.24) is 0 Å². The van der Waals surface area contributed by atoms with Gasteiger partial charge >= 0.3 is 0 Å². The van der Waals surface area contributed by atoms with Crippen LogP contribution in [-0.2, 0) is 22.4 Å².